The van der Waals surface area contributed by atoms with E-state index in [0.717, 1.165) is 27.1 Å². The summed E-state index contributed by atoms with van der Waals surface area (Å²) in [5.41, 5.74) is 5.87. The Hall–Kier alpha value is -2.14. The van der Waals surface area contributed by atoms with Crippen LogP contribution >= 0.6 is 23.2 Å². The van der Waals surface area contributed by atoms with Crippen LogP contribution in [0, 0.1) is 0 Å². The molecule has 0 spiro atoms. The van der Waals surface area contributed by atoms with E-state index in [1.165, 1.54) is 0 Å². The molecule has 6 nitrogen and oxygen atoms in total. The van der Waals surface area contributed by atoms with E-state index in [0.29, 0.717) is 50.4 Å². The lowest BCUT2D eigenvalue weighted by atomic mass is 10.2. The summed E-state index contributed by atoms with van der Waals surface area (Å²) < 4.78 is 9.97. The fourth-order valence-corrected chi connectivity index (χ4v) is 22.3. The number of pyridine rings is 2. The van der Waals surface area contributed by atoms with Gasteiger partial charge >= 0.3 is 5.97 Å². The maximum absolute atomic E-state index is 12.1. The third-order valence-corrected chi connectivity index (χ3v) is 24.3. The van der Waals surface area contributed by atoms with Gasteiger partial charge in [0, 0.05) is 23.2 Å². The molecule has 0 radical (unpaired) electrons. The largest absolute Gasteiger partial charge is 0.462 e. The first-order chi connectivity index (χ1) is 21.0. The highest BCUT2D eigenvalue weighted by molar-refractivity contribution is 6.83. The third-order valence-electron chi connectivity index (χ3n) is 10.1. The van der Waals surface area contributed by atoms with Gasteiger partial charge in [0.2, 0.25) is 0 Å². The van der Waals surface area contributed by atoms with Crippen molar-refractivity contribution >= 4 is 67.7 Å². The fourth-order valence-electron chi connectivity index (χ4n) is 8.70. The highest BCUT2D eigenvalue weighted by Gasteiger charge is 2.47. The summed E-state index contributed by atoms with van der Waals surface area (Å²) in [4.78, 5) is 21.4. The van der Waals surface area contributed by atoms with Crippen LogP contribution in [-0.4, -0.2) is 47.5 Å². The summed E-state index contributed by atoms with van der Waals surface area (Å²) in [6, 6.07) is 5.99. The first-order valence-corrected chi connectivity index (χ1v) is 21.6. The van der Waals surface area contributed by atoms with Crippen molar-refractivity contribution in [1.82, 2.24) is 18.4 Å². The third kappa shape index (κ3) is 6.41. The van der Waals surface area contributed by atoms with E-state index in [1.807, 2.05) is 18.3 Å². The second-order valence-corrected chi connectivity index (χ2v) is 26.3. The number of halogens is 2. The second kappa shape index (κ2) is 14.7. The lowest BCUT2D eigenvalue weighted by Crippen LogP contribution is -2.51. The van der Waals surface area contributed by atoms with Crippen LogP contribution in [0.25, 0.3) is 22.1 Å². The number of esters is 1. The molecule has 0 saturated heterocycles. The second-order valence-electron chi connectivity index (χ2n) is 14.0. The summed E-state index contributed by atoms with van der Waals surface area (Å²) in [5.74, 6) is -0.422. The van der Waals surface area contributed by atoms with Gasteiger partial charge in [0.05, 0.1) is 22.2 Å². The van der Waals surface area contributed by atoms with Gasteiger partial charge in [0.25, 0.3) is 0 Å². The monoisotopic (exact) mass is 688 g/mol. The molecule has 0 unspecified atom stereocenters. The van der Waals surface area contributed by atoms with Crippen molar-refractivity contribution in [2.45, 2.75) is 123 Å². The Morgan fingerprint density at radius 3 is 1.56 bits per heavy atom. The standard InChI is InChI=1S/C19H29ClN2O2Si.C16H25ClN2Si/c1-8-24-19(23)16-11-21-18-15(17(16)20)9-10-22(18)25(12(2)3,13(4)5)14(6)7;1-11(2)20(12(3)4,13(5)6)19-10-8-14-15(17)7-9-18-16(14)19/h9-14H,8H2,1-7H3;7-13H,1-6H3. The number of carbonyl (C=O) groups is 1. The number of carbonyl (C=O) groups excluding carboxylic acids is 1. The van der Waals surface area contributed by atoms with E-state index in [2.05, 4.69) is 120 Å². The van der Waals surface area contributed by atoms with Crippen LogP contribution in [-0.2, 0) is 4.74 Å². The molecule has 0 N–H and O–H groups in total. The Bertz CT molecular complexity index is 1560. The molecule has 0 aliphatic heterocycles. The van der Waals surface area contributed by atoms with Crippen molar-refractivity contribution in [3.63, 3.8) is 0 Å². The number of hydrogen-bond donors (Lipinski definition) is 0. The summed E-state index contributed by atoms with van der Waals surface area (Å²) >= 11 is 12.9. The van der Waals surface area contributed by atoms with E-state index in [4.69, 9.17) is 27.9 Å². The Morgan fingerprint density at radius 1 is 0.711 bits per heavy atom. The number of hydrogen-bond acceptors (Lipinski definition) is 4. The molecular weight excluding hydrogens is 635 g/mol. The maximum Gasteiger partial charge on any atom is 0.341 e. The number of rotatable bonds is 10. The van der Waals surface area contributed by atoms with Crippen molar-refractivity contribution in [2.24, 2.45) is 0 Å². The first-order valence-electron chi connectivity index (χ1n) is 16.5. The molecule has 4 aromatic heterocycles. The molecule has 0 aliphatic carbocycles. The van der Waals surface area contributed by atoms with E-state index < -0.39 is 22.4 Å². The zero-order valence-electron chi connectivity index (χ0n) is 29.6. The maximum atomic E-state index is 12.1. The molecule has 248 valence electrons. The summed E-state index contributed by atoms with van der Waals surface area (Å²) in [5, 5.41) is 3.13. The van der Waals surface area contributed by atoms with Crippen molar-refractivity contribution in [2.75, 3.05) is 6.61 Å². The lowest BCUT2D eigenvalue weighted by Gasteiger charge is -2.44. The molecule has 0 aromatic carbocycles. The highest BCUT2D eigenvalue weighted by Crippen LogP contribution is 2.46. The minimum absolute atomic E-state index is 0.318. The van der Waals surface area contributed by atoms with Gasteiger partial charge < -0.3 is 13.2 Å². The van der Waals surface area contributed by atoms with E-state index in [1.54, 1.807) is 13.1 Å². The van der Waals surface area contributed by atoms with Gasteiger partial charge in [-0.3, -0.25) is 0 Å². The molecule has 4 heterocycles. The SMILES string of the molecule is CC(C)[Si](C(C)C)(C(C)C)n1ccc2c(Cl)ccnc21.CCOC(=O)c1cnc2c(ccn2[Si](C(C)C)(C(C)C)C(C)C)c1Cl. The van der Waals surface area contributed by atoms with Gasteiger partial charge in [-0.15, -0.1) is 0 Å². The molecule has 45 heavy (non-hydrogen) atoms. The lowest BCUT2D eigenvalue weighted by molar-refractivity contribution is 0.0526. The Kier molecular flexibility index (Phi) is 12.2. The van der Waals surface area contributed by atoms with Gasteiger partial charge in [0.1, 0.15) is 11.3 Å². The van der Waals surface area contributed by atoms with Gasteiger partial charge in [-0.05, 0) is 70.8 Å². The Balaban J connectivity index is 0.000000251. The summed E-state index contributed by atoms with van der Waals surface area (Å²) in [6.45, 7) is 30.2. The molecule has 0 fully saturated rings. The van der Waals surface area contributed by atoms with Crippen LogP contribution < -0.4 is 0 Å². The number of nitrogens with zero attached hydrogens (tertiary/aromatic N) is 4. The van der Waals surface area contributed by atoms with Crippen LogP contribution in [0.15, 0.2) is 43.0 Å². The quantitative estimate of drug-likeness (QED) is 0.123. The molecule has 4 aromatic rings. The predicted octanol–water partition coefficient (Wildman–Crippen LogP) is 11.6. The molecule has 0 aliphatic rings. The van der Waals surface area contributed by atoms with Gasteiger partial charge in [0.15, 0.2) is 16.5 Å². The highest BCUT2D eigenvalue weighted by atomic mass is 35.5. The first kappa shape index (κ1) is 37.3. The number of fused-ring (bicyclic) bond motifs is 2. The smallest absolute Gasteiger partial charge is 0.341 e. The minimum atomic E-state index is -1.92. The van der Waals surface area contributed by atoms with Crippen LogP contribution in [0.3, 0.4) is 0 Å². The molecule has 0 saturated carbocycles. The van der Waals surface area contributed by atoms with Crippen molar-refractivity contribution in [1.29, 1.82) is 0 Å². The van der Waals surface area contributed by atoms with E-state index >= 15 is 0 Å². The van der Waals surface area contributed by atoms with E-state index in [-0.39, 0.29) is 0 Å². The zero-order valence-corrected chi connectivity index (χ0v) is 33.1. The number of ether oxygens (including phenoxy) is 1. The van der Waals surface area contributed by atoms with Crippen LogP contribution in [0.5, 0.6) is 0 Å². The fraction of sp³-hybridized carbons (Fsp3) is 0.571. The van der Waals surface area contributed by atoms with Gasteiger partial charge in [-0.2, -0.15) is 0 Å². The summed E-state index contributed by atoms with van der Waals surface area (Å²) in [7, 11) is -3.66. The van der Waals surface area contributed by atoms with Crippen molar-refractivity contribution in [3.8, 4) is 0 Å². The molecule has 0 atom stereocenters. The summed E-state index contributed by atoms with van der Waals surface area (Å²) in [6.07, 6.45) is 7.71. The normalized spacial score (nSPS) is 12.8. The van der Waals surface area contributed by atoms with Gasteiger partial charge in [-0.25, -0.2) is 14.8 Å². The Labute approximate surface area is 283 Å². The topological polar surface area (TPSA) is 61.9 Å². The zero-order chi connectivity index (χ0) is 34.0. The van der Waals surface area contributed by atoms with Crippen LogP contribution in [0.4, 0.5) is 0 Å². The van der Waals surface area contributed by atoms with Crippen molar-refractivity contribution in [3.05, 3.63) is 58.6 Å². The van der Waals surface area contributed by atoms with Crippen molar-refractivity contribution < 1.29 is 9.53 Å². The average molecular weight is 690 g/mol. The predicted molar refractivity (Wildman–Crippen MR) is 198 cm³/mol. The van der Waals surface area contributed by atoms with E-state index in [9.17, 15) is 4.79 Å². The molecular formula is C35H54Cl2N4O2Si2. The Morgan fingerprint density at radius 2 is 1.13 bits per heavy atom. The van der Waals surface area contributed by atoms with Crippen LogP contribution in [0.2, 0.25) is 43.3 Å². The van der Waals surface area contributed by atoms with Crippen LogP contribution in [0.1, 0.15) is 100 Å². The number of aromatic nitrogens is 4. The average Bonchev–Trinajstić information content (AvgIpc) is 3.56. The minimum Gasteiger partial charge on any atom is -0.462 e. The van der Waals surface area contributed by atoms with Gasteiger partial charge in [-0.1, -0.05) is 106 Å². The molecule has 4 rings (SSSR count). The molecule has 0 bridgehead atoms. The molecule has 10 heteroatoms. The molecule has 0 amide bonds.